The van der Waals surface area contributed by atoms with Crippen LogP contribution in [-0.4, -0.2) is 66.8 Å². The molecule has 16 nitrogen and oxygen atoms in total. The van der Waals surface area contributed by atoms with Gasteiger partial charge in [0.25, 0.3) is 0 Å². The normalized spacial score (nSPS) is 25.4. The van der Waals surface area contributed by atoms with E-state index < -0.39 is 65.0 Å². The number of carbonyl (C=O) groups is 1. The number of amides is 2. The summed E-state index contributed by atoms with van der Waals surface area (Å²) in [6, 6.07) is 16.9. The van der Waals surface area contributed by atoms with Crippen LogP contribution in [0.1, 0.15) is 30.6 Å². The molecule has 2 aromatic carbocycles. The van der Waals surface area contributed by atoms with Gasteiger partial charge in [-0.15, -0.1) is 0 Å². The van der Waals surface area contributed by atoms with Crippen LogP contribution in [0, 0.1) is 0 Å². The van der Waals surface area contributed by atoms with E-state index in [0.717, 1.165) is 5.56 Å². The average Bonchev–Trinajstić information content (AvgIpc) is 3.71. The van der Waals surface area contributed by atoms with Crippen molar-refractivity contribution in [2.45, 2.75) is 43.9 Å². The van der Waals surface area contributed by atoms with Crippen LogP contribution in [0.3, 0.4) is 0 Å². The summed E-state index contributed by atoms with van der Waals surface area (Å²) in [6.07, 6.45) is -2.05. The molecule has 45 heavy (non-hydrogen) atoms. The molecule has 0 radical (unpaired) electrons. The average molecular weight is 661 g/mol. The quantitative estimate of drug-likeness (QED) is 0.169. The molecule has 4 N–H and O–H groups in total. The van der Waals surface area contributed by atoms with Crippen LogP contribution in [0.15, 0.2) is 73.3 Å². The summed E-state index contributed by atoms with van der Waals surface area (Å²) in [5.74, 6) is 0.173. The summed E-state index contributed by atoms with van der Waals surface area (Å²) >= 11 is 0. The zero-order valence-corrected chi connectivity index (χ0v) is 25.6. The van der Waals surface area contributed by atoms with Crippen molar-refractivity contribution in [2.75, 3.05) is 18.5 Å². The molecule has 4 heterocycles. The fraction of sp³-hybridized carbons (Fsp3) is 0.333. The summed E-state index contributed by atoms with van der Waals surface area (Å²) in [7, 11) is -9.60. The highest BCUT2D eigenvalue weighted by Gasteiger charge is 2.54. The molecule has 6 rings (SSSR count). The Morgan fingerprint density at radius 2 is 1.69 bits per heavy atom. The summed E-state index contributed by atoms with van der Waals surface area (Å²) in [5.41, 5.74) is 1.77. The molecule has 18 heteroatoms. The number of nitrogens with one attached hydrogen (secondary N) is 2. The van der Waals surface area contributed by atoms with Gasteiger partial charge in [0.15, 0.2) is 29.5 Å². The lowest BCUT2D eigenvalue weighted by molar-refractivity contribution is -0.152. The molecule has 0 bridgehead atoms. The zero-order chi connectivity index (χ0) is 31.6. The molecule has 2 fully saturated rings. The van der Waals surface area contributed by atoms with Gasteiger partial charge in [-0.05, 0) is 12.5 Å². The Kier molecular flexibility index (Phi) is 9.11. The fourth-order valence-electron chi connectivity index (χ4n) is 5.10. The molecule has 0 aliphatic carbocycles. The van der Waals surface area contributed by atoms with E-state index in [2.05, 4.69) is 25.6 Å². The predicted molar refractivity (Wildman–Crippen MR) is 158 cm³/mol. The third-order valence-corrected chi connectivity index (χ3v) is 10.1. The monoisotopic (exact) mass is 660 g/mol. The van der Waals surface area contributed by atoms with Crippen molar-refractivity contribution < 1.29 is 46.8 Å². The maximum absolute atomic E-state index is 12.8. The highest BCUT2D eigenvalue weighted by Crippen LogP contribution is 2.61. The van der Waals surface area contributed by atoms with Gasteiger partial charge in [0.2, 0.25) is 0 Å². The Bertz CT molecular complexity index is 1750. The molecular formula is C27H30N6O10P2. The van der Waals surface area contributed by atoms with Crippen LogP contribution in [0.4, 0.5) is 10.6 Å². The van der Waals surface area contributed by atoms with Crippen molar-refractivity contribution in [1.82, 2.24) is 24.8 Å². The van der Waals surface area contributed by atoms with Crippen LogP contribution in [0.25, 0.3) is 11.2 Å². The number of hydrogen-bond acceptors (Lipinski definition) is 11. The van der Waals surface area contributed by atoms with E-state index in [4.69, 9.17) is 23.0 Å². The lowest BCUT2D eigenvalue weighted by Crippen LogP contribution is -2.31. The number of anilines is 1. The van der Waals surface area contributed by atoms with Crippen molar-refractivity contribution in [3.05, 3.63) is 84.4 Å². The largest absolute Gasteiger partial charge is 0.479 e. The minimum absolute atomic E-state index is 0.173. The first kappa shape index (κ1) is 31.4. The number of phosphoric ester groups is 1. The lowest BCUT2D eigenvalue weighted by atomic mass is 10.1. The van der Waals surface area contributed by atoms with Crippen LogP contribution in [0.2, 0.25) is 0 Å². The third-order valence-electron chi connectivity index (χ3n) is 6.98. The number of carbonyl (C=O) groups excluding carboxylic acids is 1. The number of nitrogens with zero attached hydrogens (tertiary/aromatic N) is 4. The highest BCUT2D eigenvalue weighted by molar-refractivity contribution is 7.63. The van der Waals surface area contributed by atoms with E-state index in [-0.39, 0.29) is 11.3 Å². The van der Waals surface area contributed by atoms with Crippen molar-refractivity contribution in [1.29, 1.82) is 0 Å². The van der Waals surface area contributed by atoms with Gasteiger partial charge in [0, 0.05) is 12.1 Å². The Labute approximate surface area is 256 Å². The summed E-state index contributed by atoms with van der Waals surface area (Å²) in [6.45, 7) is 1.64. The van der Waals surface area contributed by atoms with E-state index in [1.54, 1.807) is 41.8 Å². The molecular weight excluding hydrogens is 630 g/mol. The van der Waals surface area contributed by atoms with E-state index in [0.29, 0.717) is 17.8 Å². The number of ether oxygens (including phenoxy) is 3. The number of rotatable bonds is 11. The first-order chi connectivity index (χ1) is 21.6. The number of phosphoric acid groups is 1. The maximum atomic E-state index is 12.8. The molecule has 0 saturated carbocycles. The van der Waals surface area contributed by atoms with E-state index in [1.807, 2.05) is 30.3 Å². The van der Waals surface area contributed by atoms with Crippen LogP contribution < -0.4 is 10.6 Å². The van der Waals surface area contributed by atoms with Gasteiger partial charge < -0.3 is 29.3 Å². The van der Waals surface area contributed by atoms with Crippen molar-refractivity contribution >= 4 is 38.4 Å². The van der Waals surface area contributed by atoms with Gasteiger partial charge in [-0.2, -0.15) is 0 Å². The number of aromatic nitrogens is 4. The number of urea groups is 1. The second kappa shape index (κ2) is 13.0. The first-order valence-corrected chi connectivity index (χ1v) is 17.2. The Hall–Kier alpha value is -3.56. The molecule has 0 spiro atoms. The minimum Gasteiger partial charge on any atom is -0.347 e. The van der Waals surface area contributed by atoms with Gasteiger partial charge >= 0.3 is 21.4 Å². The standard InChI is InChI=1S/C27H30N6O10P2/c1-2-28-27(34)32-23-20-24(30-15-29-23)33(16-31-20)25-22-21(41-26(42-22)18-11-7-4-8-12-18)19(40-25)13-39-45(37,38)43-44(35,36)14-17-9-5-3-6-10-17/h3-12,15-16,19,21-22,25-26H,2,13-14H2,1H3,(H,35,36)(H,37,38)(H2,28,29,30,32,34)/t19-,21?,22?,25-,26+/m1/s1. The zero-order valence-electron chi connectivity index (χ0n) is 23.8. The molecule has 2 aliphatic heterocycles. The van der Waals surface area contributed by atoms with Crippen LogP contribution in [0.5, 0.6) is 0 Å². The first-order valence-electron chi connectivity index (χ1n) is 13.9. The van der Waals surface area contributed by atoms with Gasteiger partial charge in [-0.1, -0.05) is 60.7 Å². The minimum atomic E-state index is -5.03. The second-order valence-electron chi connectivity index (χ2n) is 10.2. The third kappa shape index (κ3) is 7.15. The van der Waals surface area contributed by atoms with Crippen molar-refractivity contribution in [2.24, 2.45) is 0 Å². The summed E-state index contributed by atoms with van der Waals surface area (Å²) < 4.78 is 55.6. The van der Waals surface area contributed by atoms with Gasteiger partial charge in [0.1, 0.15) is 24.6 Å². The molecule has 2 amide bonds. The van der Waals surface area contributed by atoms with Gasteiger partial charge in [-0.3, -0.25) is 19.0 Å². The van der Waals surface area contributed by atoms with Crippen LogP contribution >= 0.6 is 15.4 Å². The Morgan fingerprint density at radius 1 is 0.978 bits per heavy atom. The van der Waals surface area contributed by atoms with Gasteiger partial charge in [-0.25, -0.2) is 28.6 Å². The molecule has 2 saturated heterocycles. The number of fused-ring (bicyclic) bond motifs is 2. The Morgan fingerprint density at radius 3 is 2.42 bits per heavy atom. The van der Waals surface area contributed by atoms with Gasteiger partial charge in [0.05, 0.1) is 19.1 Å². The van der Waals surface area contributed by atoms with Crippen LogP contribution in [-0.2, 0) is 38.3 Å². The molecule has 2 aromatic heterocycles. The summed E-state index contributed by atoms with van der Waals surface area (Å²) in [5, 5.41) is 5.26. The van der Waals surface area contributed by atoms with E-state index in [9.17, 15) is 23.7 Å². The van der Waals surface area contributed by atoms with E-state index >= 15 is 0 Å². The fourth-order valence-corrected chi connectivity index (χ4v) is 7.81. The SMILES string of the molecule is CCNC(=O)Nc1ncnc2c1ncn2[C@@H]1O[C@H](COP(=O)(O)OP(=O)(O)Cc2ccccc2)C2O[C@H](c3ccccc3)OC21. The Balaban J connectivity index is 1.22. The predicted octanol–water partition coefficient (Wildman–Crippen LogP) is 3.87. The number of benzene rings is 2. The number of hydrogen-bond donors (Lipinski definition) is 4. The molecule has 4 aromatic rings. The topological polar surface area (TPSA) is 205 Å². The number of imidazole rings is 1. The molecule has 2 aliphatic rings. The maximum Gasteiger partial charge on any atom is 0.479 e. The van der Waals surface area contributed by atoms with Crippen molar-refractivity contribution in [3.63, 3.8) is 0 Å². The smallest absolute Gasteiger partial charge is 0.347 e. The molecule has 7 atom stereocenters. The van der Waals surface area contributed by atoms with Crippen molar-refractivity contribution in [3.8, 4) is 0 Å². The summed E-state index contributed by atoms with van der Waals surface area (Å²) in [4.78, 5) is 45.6. The highest BCUT2D eigenvalue weighted by atomic mass is 31.3. The molecule has 4 unspecified atom stereocenters. The van der Waals surface area contributed by atoms with E-state index in [1.165, 1.54) is 12.7 Å². The lowest BCUT2D eigenvalue weighted by Gasteiger charge is -2.22. The molecule has 238 valence electrons. The second-order valence-corrected chi connectivity index (χ2v) is 13.6.